The molecule has 0 amide bonds. The first-order chi connectivity index (χ1) is 14.5. The highest BCUT2D eigenvalue weighted by Crippen LogP contribution is 2.15. The molecule has 0 aromatic rings. The van der Waals surface area contributed by atoms with Crippen molar-refractivity contribution in [1.29, 1.82) is 0 Å². The number of rotatable bonds is 21. The SMILES string of the molecule is CCCCCCSCCC(=O)OC(CCC(C)C)OC(=O)CCSCCCCCC. The maximum atomic E-state index is 12.2. The van der Waals surface area contributed by atoms with E-state index < -0.39 is 6.29 Å². The van der Waals surface area contributed by atoms with E-state index in [9.17, 15) is 9.59 Å². The molecule has 0 aromatic heterocycles. The largest absolute Gasteiger partial charge is 0.425 e. The van der Waals surface area contributed by atoms with E-state index in [1.54, 1.807) is 23.5 Å². The lowest BCUT2D eigenvalue weighted by Crippen LogP contribution is -2.25. The van der Waals surface area contributed by atoms with Crippen molar-refractivity contribution in [1.82, 2.24) is 0 Å². The van der Waals surface area contributed by atoms with Crippen molar-refractivity contribution in [3.05, 3.63) is 0 Å². The van der Waals surface area contributed by atoms with E-state index in [-0.39, 0.29) is 11.9 Å². The van der Waals surface area contributed by atoms with Gasteiger partial charge < -0.3 is 9.47 Å². The van der Waals surface area contributed by atoms with E-state index in [0.29, 0.717) is 25.2 Å². The number of esters is 2. The number of hydrogen-bond donors (Lipinski definition) is 0. The van der Waals surface area contributed by atoms with Crippen LogP contribution in [0.3, 0.4) is 0 Å². The maximum absolute atomic E-state index is 12.2. The number of carbonyl (C=O) groups is 2. The highest BCUT2D eigenvalue weighted by Gasteiger charge is 2.19. The van der Waals surface area contributed by atoms with Crippen LogP contribution in [0.4, 0.5) is 0 Å². The third-order valence-corrected chi connectivity index (χ3v) is 6.83. The van der Waals surface area contributed by atoms with E-state index in [1.807, 2.05) is 0 Å². The van der Waals surface area contributed by atoms with Crippen molar-refractivity contribution in [3.8, 4) is 0 Å². The third-order valence-electron chi connectivity index (χ3n) is 4.69. The molecule has 0 spiro atoms. The Bertz CT molecular complexity index is 384. The summed E-state index contributed by atoms with van der Waals surface area (Å²) in [5.74, 6) is 3.67. The predicted molar refractivity (Wildman–Crippen MR) is 132 cm³/mol. The molecule has 0 unspecified atom stereocenters. The van der Waals surface area contributed by atoms with Gasteiger partial charge in [-0.05, 0) is 36.7 Å². The average molecular weight is 463 g/mol. The van der Waals surface area contributed by atoms with Crippen molar-refractivity contribution in [2.24, 2.45) is 5.92 Å². The predicted octanol–water partition coefficient (Wildman–Crippen LogP) is 7.24. The lowest BCUT2D eigenvalue weighted by molar-refractivity contribution is -0.188. The molecule has 0 N–H and O–H groups in total. The quantitative estimate of drug-likeness (QED) is 0.102. The molecule has 0 saturated carbocycles. The molecule has 0 fully saturated rings. The lowest BCUT2D eigenvalue weighted by atomic mass is 10.1. The zero-order chi connectivity index (χ0) is 22.5. The fourth-order valence-electron chi connectivity index (χ4n) is 2.80. The molecule has 0 atom stereocenters. The average Bonchev–Trinajstić information content (AvgIpc) is 2.70. The summed E-state index contributed by atoms with van der Waals surface area (Å²) in [6.45, 7) is 8.65. The molecular formula is C24H46O4S2. The van der Waals surface area contributed by atoms with E-state index in [4.69, 9.17) is 9.47 Å². The first-order valence-electron chi connectivity index (χ1n) is 12.0. The normalized spacial score (nSPS) is 11.3. The van der Waals surface area contributed by atoms with E-state index >= 15 is 0 Å². The number of carbonyl (C=O) groups excluding carboxylic acids is 2. The Morgan fingerprint density at radius 1 is 0.667 bits per heavy atom. The molecule has 0 rings (SSSR count). The smallest absolute Gasteiger partial charge is 0.309 e. The first kappa shape index (κ1) is 29.6. The summed E-state index contributed by atoms with van der Waals surface area (Å²) in [4.78, 5) is 24.3. The topological polar surface area (TPSA) is 52.6 Å². The van der Waals surface area contributed by atoms with Crippen LogP contribution in [0.5, 0.6) is 0 Å². The van der Waals surface area contributed by atoms with Crippen molar-refractivity contribution in [3.63, 3.8) is 0 Å². The Labute approximate surface area is 194 Å². The second-order valence-corrected chi connectivity index (χ2v) is 10.7. The molecule has 0 saturated heterocycles. The summed E-state index contributed by atoms with van der Waals surface area (Å²) in [7, 11) is 0. The van der Waals surface area contributed by atoms with Crippen LogP contribution in [0.2, 0.25) is 0 Å². The van der Waals surface area contributed by atoms with Crippen molar-refractivity contribution in [2.75, 3.05) is 23.0 Å². The van der Waals surface area contributed by atoms with Gasteiger partial charge in [-0.2, -0.15) is 23.5 Å². The molecule has 0 aliphatic rings. The van der Waals surface area contributed by atoms with Crippen LogP contribution >= 0.6 is 23.5 Å². The van der Waals surface area contributed by atoms with Crippen LogP contribution in [-0.4, -0.2) is 41.2 Å². The van der Waals surface area contributed by atoms with Crippen LogP contribution < -0.4 is 0 Å². The molecule has 178 valence electrons. The van der Waals surface area contributed by atoms with Crippen LogP contribution in [-0.2, 0) is 19.1 Å². The van der Waals surface area contributed by atoms with E-state index in [0.717, 1.165) is 29.4 Å². The van der Waals surface area contributed by atoms with Crippen molar-refractivity contribution >= 4 is 35.5 Å². The Morgan fingerprint density at radius 3 is 1.53 bits per heavy atom. The maximum Gasteiger partial charge on any atom is 0.309 e. The Kier molecular flexibility index (Phi) is 21.6. The van der Waals surface area contributed by atoms with Gasteiger partial charge in [0.05, 0.1) is 12.8 Å². The Morgan fingerprint density at radius 2 is 1.13 bits per heavy atom. The first-order valence-corrected chi connectivity index (χ1v) is 14.3. The zero-order valence-electron chi connectivity index (χ0n) is 19.9. The van der Waals surface area contributed by atoms with Gasteiger partial charge in [0.1, 0.15) is 0 Å². The van der Waals surface area contributed by atoms with Gasteiger partial charge in [-0.1, -0.05) is 66.2 Å². The number of thioether (sulfide) groups is 2. The summed E-state index contributed by atoms with van der Waals surface area (Å²) in [5.41, 5.74) is 0. The van der Waals surface area contributed by atoms with Gasteiger partial charge in [-0.3, -0.25) is 9.59 Å². The van der Waals surface area contributed by atoms with Crippen molar-refractivity contribution in [2.45, 2.75) is 111 Å². The zero-order valence-corrected chi connectivity index (χ0v) is 21.6. The van der Waals surface area contributed by atoms with Gasteiger partial charge in [-0.25, -0.2) is 0 Å². The summed E-state index contributed by atoms with van der Waals surface area (Å²) in [6, 6.07) is 0. The number of hydrogen-bond acceptors (Lipinski definition) is 6. The summed E-state index contributed by atoms with van der Waals surface area (Å²) in [5, 5.41) is 0. The van der Waals surface area contributed by atoms with Crippen LogP contribution in [0.15, 0.2) is 0 Å². The summed E-state index contributed by atoms with van der Waals surface area (Å²) < 4.78 is 11.0. The summed E-state index contributed by atoms with van der Waals surface area (Å²) >= 11 is 3.60. The fourth-order valence-corrected chi connectivity index (χ4v) is 4.65. The molecule has 0 bridgehead atoms. The van der Waals surface area contributed by atoms with Crippen molar-refractivity contribution < 1.29 is 19.1 Å². The second kappa shape index (κ2) is 21.9. The molecule has 0 aliphatic carbocycles. The number of unbranched alkanes of at least 4 members (excludes halogenated alkanes) is 6. The third kappa shape index (κ3) is 20.9. The lowest BCUT2D eigenvalue weighted by Gasteiger charge is -2.19. The minimum absolute atomic E-state index is 0.261. The Hall–Kier alpha value is -0.360. The van der Waals surface area contributed by atoms with E-state index in [2.05, 4.69) is 27.7 Å². The monoisotopic (exact) mass is 462 g/mol. The Balaban J connectivity index is 4.07. The van der Waals surface area contributed by atoms with Gasteiger partial charge in [0.15, 0.2) is 0 Å². The standard InChI is InChI=1S/C24H46O4S2/c1-5-7-9-11-17-29-19-15-22(25)27-24(14-13-21(3)4)28-23(26)16-20-30-18-12-10-8-6-2/h21,24H,5-20H2,1-4H3. The van der Waals surface area contributed by atoms with Gasteiger partial charge in [0.25, 0.3) is 0 Å². The molecule has 0 radical (unpaired) electrons. The van der Waals surface area contributed by atoms with Crippen LogP contribution in [0.1, 0.15) is 105 Å². The van der Waals surface area contributed by atoms with Gasteiger partial charge in [0, 0.05) is 17.9 Å². The molecule has 0 heterocycles. The molecule has 0 aliphatic heterocycles. The summed E-state index contributed by atoms with van der Waals surface area (Å²) in [6.07, 6.45) is 11.4. The van der Waals surface area contributed by atoms with E-state index in [1.165, 1.54) is 51.4 Å². The van der Waals surface area contributed by atoms with Gasteiger partial charge in [-0.15, -0.1) is 0 Å². The molecular weight excluding hydrogens is 416 g/mol. The molecule has 6 heteroatoms. The molecule has 30 heavy (non-hydrogen) atoms. The molecule has 0 aromatic carbocycles. The minimum atomic E-state index is -0.739. The van der Waals surface area contributed by atoms with Crippen LogP contribution in [0, 0.1) is 5.92 Å². The number of ether oxygens (including phenoxy) is 2. The highest BCUT2D eigenvalue weighted by atomic mass is 32.2. The second-order valence-electron chi connectivity index (χ2n) is 8.23. The van der Waals surface area contributed by atoms with Gasteiger partial charge in [0.2, 0.25) is 6.29 Å². The molecule has 4 nitrogen and oxygen atoms in total. The minimum Gasteiger partial charge on any atom is -0.425 e. The van der Waals surface area contributed by atoms with Crippen LogP contribution in [0.25, 0.3) is 0 Å². The highest BCUT2D eigenvalue weighted by molar-refractivity contribution is 7.99. The van der Waals surface area contributed by atoms with Gasteiger partial charge >= 0.3 is 11.9 Å². The fraction of sp³-hybridized carbons (Fsp3) is 0.917.